The molecule has 0 aliphatic rings. The standard InChI is InChI=1S/C17H17N3O5S/c1-26(23,24)20-12-8-6-11(7-9-12)10-14(16(21)22)19-17-18-13-4-2-3-5-15(13)25-17/h2-9,14,20H,10H2,1H3,(H,18,19)(H,21,22)/t14-/m0/s1. The van der Waals surface area contributed by atoms with Gasteiger partial charge in [-0.3, -0.25) is 4.72 Å². The second-order valence-electron chi connectivity index (χ2n) is 5.80. The fourth-order valence-electron chi connectivity index (χ4n) is 2.44. The molecule has 1 atom stereocenters. The first-order valence-electron chi connectivity index (χ1n) is 7.72. The normalized spacial score (nSPS) is 12.7. The van der Waals surface area contributed by atoms with Gasteiger partial charge in [-0.25, -0.2) is 13.2 Å². The van der Waals surface area contributed by atoms with Gasteiger partial charge >= 0.3 is 5.97 Å². The average Bonchev–Trinajstić information content (AvgIpc) is 2.97. The molecule has 0 amide bonds. The van der Waals surface area contributed by atoms with E-state index < -0.39 is 22.0 Å². The lowest BCUT2D eigenvalue weighted by atomic mass is 10.1. The van der Waals surface area contributed by atoms with Crippen molar-refractivity contribution < 1.29 is 22.7 Å². The zero-order valence-corrected chi connectivity index (χ0v) is 14.7. The maximum absolute atomic E-state index is 11.6. The van der Waals surface area contributed by atoms with Crippen molar-refractivity contribution in [2.45, 2.75) is 12.5 Å². The summed E-state index contributed by atoms with van der Waals surface area (Å²) in [4.78, 5) is 15.8. The lowest BCUT2D eigenvalue weighted by Crippen LogP contribution is -2.31. The van der Waals surface area contributed by atoms with E-state index in [-0.39, 0.29) is 12.4 Å². The summed E-state index contributed by atoms with van der Waals surface area (Å²) < 4.78 is 30.3. The van der Waals surface area contributed by atoms with Gasteiger partial charge in [-0.1, -0.05) is 24.3 Å². The van der Waals surface area contributed by atoms with Gasteiger partial charge in [-0.15, -0.1) is 0 Å². The molecule has 0 bridgehead atoms. The quantitative estimate of drug-likeness (QED) is 0.579. The average molecular weight is 375 g/mol. The molecule has 136 valence electrons. The van der Waals surface area contributed by atoms with E-state index in [2.05, 4.69) is 15.0 Å². The monoisotopic (exact) mass is 375 g/mol. The van der Waals surface area contributed by atoms with Crippen LogP contribution in [0.1, 0.15) is 5.56 Å². The smallest absolute Gasteiger partial charge is 0.326 e. The van der Waals surface area contributed by atoms with E-state index in [1.165, 1.54) is 0 Å². The highest BCUT2D eigenvalue weighted by atomic mass is 32.2. The number of carboxylic acid groups (broad SMARTS) is 1. The Morgan fingerprint density at radius 3 is 2.50 bits per heavy atom. The van der Waals surface area contributed by atoms with Gasteiger partial charge < -0.3 is 14.8 Å². The van der Waals surface area contributed by atoms with Crippen molar-refractivity contribution in [1.82, 2.24) is 4.98 Å². The number of fused-ring (bicyclic) bond motifs is 1. The molecule has 3 N–H and O–H groups in total. The summed E-state index contributed by atoms with van der Waals surface area (Å²) in [6, 6.07) is 12.8. The fraction of sp³-hybridized carbons (Fsp3) is 0.176. The van der Waals surface area contributed by atoms with Crippen LogP contribution in [0.25, 0.3) is 11.1 Å². The molecule has 0 saturated heterocycles. The highest BCUT2D eigenvalue weighted by Crippen LogP contribution is 2.20. The molecule has 0 aliphatic carbocycles. The number of oxazole rings is 1. The highest BCUT2D eigenvalue weighted by Gasteiger charge is 2.20. The van der Waals surface area contributed by atoms with Crippen molar-refractivity contribution in [2.75, 3.05) is 16.3 Å². The molecule has 0 fully saturated rings. The molecular weight excluding hydrogens is 358 g/mol. The van der Waals surface area contributed by atoms with Crippen molar-refractivity contribution in [3.63, 3.8) is 0 Å². The van der Waals surface area contributed by atoms with E-state index in [4.69, 9.17) is 4.42 Å². The Labute approximate surface area is 149 Å². The van der Waals surface area contributed by atoms with Crippen LogP contribution in [0.5, 0.6) is 0 Å². The van der Waals surface area contributed by atoms with Gasteiger partial charge in [-0.2, -0.15) is 4.98 Å². The van der Waals surface area contributed by atoms with E-state index in [9.17, 15) is 18.3 Å². The maximum atomic E-state index is 11.6. The molecule has 26 heavy (non-hydrogen) atoms. The molecule has 0 unspecified atom stereocenters. The molecule has 8 nitrogen and oxygen atoms in total. The number of nitrogens with one attached hydrogen (secondary N) is 2. The third kappa shape index (κ3) is 4.51. The Morgan fingerprint density at radius 2 is 1.88 bits per heavy atom. The van der Waals surface area contributed by atoms with Crippen LogP contribution in [0, 0.1) is 0 Å². The summed E-state index contributed by atoms with van der Waals surface area (Å²) in [5, 5.41) is 12.2. The minimum Gasteiger partial charge on any atom is -0.480 e. The number of hydrogen-bond donors (Lipinski definition) is 3. The van der Waals surface area contributed by atoms with Crippen molar-refractivity contribution in [1.29, 1.82) is 0 Å². The van der Waals surface area contributed by atoms with Crippen LogP contribution in [0.3, 0.4) is 0 Å². The van der Waals surface area contributed by atoms with Crippen LogP contribution < -0.4 is 10.0 Å². The number of carbonyl (C=O) groups is 1. The lowest BCUT2D eigenvalue weighted by Gasteiger charge is -2.13. The number of para-hydroxylation sites is 2. The van der Waals surface area contributed by atoms with Crippen LogP contribution in [0.4, 0.5) is 11.7 Å². The molecule has 0 radical (unpaired) electrons. The first kappa shape index (κ1) is 17.7. The fourth-order valence-corrected chi connectivity index (χ4v) is 3.01. The summed E-state index contributed by atoms with van der Waals surface area (Å²) in [6.45, 7) is 0. The van der Waals surface area contributed by atoms with Gasteiger partial charge in [0.1, 0.15) is 11.6 Å². The molecule has 1 aromatic heterocycles. The van der Waals surface area contributed by atoms with Crippen LogP contribution in [-0.2, 0) is 21.2 Å². The Bertz CT molecular complexity index is 995. The SMILES string of the molecule is CS(=O)(=O)Nc1ccc(C[C@H](Nc2nc3ccccc3o2)C(=O)O)cc1. The van der Waals surface area contributed by atoms with E-state index in [0.717, 1.165) is 11.8 Å². The summed E-state index contributed by atoms with van der Waals surface area (Å²) in [7, 11) is -3.36. The van der Waals surface area contributed by atoms with E-state index in [1.807, 2.05) is 6.07 Å². The minimum absolute atomic E-state index is 0.133. The number of anilines is 2. The zero-order valence-electron chi connectivity index (χ0n) is 13.8. The van der Waals surface area contributed by atoms with Crippen molar-refractivity contribution in [2.24, 2.45) is 0 Å². The number of nitrogens with zero attached hydrogens (tertiary/aromatic N) is 1. The molecule has 3 rings (SSSR count). The number of rotatable bonds is 7. The van der Waals surface area contributed by atoms with Gasteiger partial charge in [-0.05, 0) is 29.8 Å². The number of aromatic nitrogens is 1. The van der Waals surface area contributed by atoms with Gasteiger partial charge in [0.05, 0.1) is 6.26 Å². The summed E-state index contributed by atoms with van der Waals surface area (Å²) in [5.41, 5.74) is 2.33. The summed E-state index contributed by atoms with van der Waals surface area (Å²) >= 11 is 0. The molecule has 0 aliphatic heterocycles. The molecule has 3 aromatic rings. The van der Waals surface area contributed by atoms with Gasteiger partial charge in [0.2, 0.25) is 10.0 Å². The molecule has 9 heteroatoms. The zero-order chi connectivity index (χ0) is 18.7. The third-order valence-corrected chi connectivity index (χ3v) is 4.19. The van der Waals surface area contributed by atoms with Crippen LogP contribution in [0.2, 0.25) is 0 Å². The Morgan fingerprint density at radius 1 is 1.19 bits per heavy atom. The second kappa shape index (κ2) is 7.04. The molecule has 0 saturated carbocycles. The van der Waals surface area contributed by atoms with Crippen LogP contribution in [0.15, 0.2) is 52.9 Å². The Balaban J connectivity index is 1.73. The molecule has 2 aromatic carbocycles. The predicted octanol–water partition coefficient (Wildman–Crippen LogP) is 2.31. The lowest BCUT2D eigenvalue weighted by molar-refractivity contribution is -0.137. The van der Waals surface area contributed by atoms with Crippen molar-refractivity contribution in [3.05, 3.63) is 54.1 Å². The van der Waals surface area contributed by atoms with E-state index in [1.54, 1.807) is 42.5 Å². The first-order valence-corrected chi connectivity index (χ1v) is 9.61. The number of carboxylic acids is 1. The molecule has 1 heterocycles. The van der Waals surface area contributed by atoms with Gasteiger partial charge in [0.15, 0.2) is 5.58 Å². The van der Waals surface area contributed by atoms with E-state index >= 15 is 0 Å². The molecule has 0 spiro atoms. The summed E-state index contributed by atoms with van der Waals surface area (Å²) in [5.74, 6) is -1.05. The summed E-state index contributed by atoms with van der Waals surface area (Å²) in [6.07, 6.45) is 1.23. The van der Waals surface area contributed by atoms with Crippen molar-refractivity contribution in [3.8, 4) is 0 Å². The van der Waals surface area contributed by atoms with E-state index in [0.29, 0.717) is 16.8 Å². The van der Waals surface area contributed by atoms with Crippen molar-refractivity contribution >= 4 is 38.8 Å². The third-order valence-electron chi connectivity index (χ3n) is 3.59. The van der Waals surface area contributed by atoms with Crippen LogP contribution >= 0.6 is 0 Å². The first-order chi connectivity index (χ1) is 12.3. The number of sulfonamides is 1. The van der Waals surface area contributed by atoms with Gasteiger partial charge in [0.25, 0.3) is 6.01 Å². The highest BCUT2D eigenvalue weighted by molar-refractivity contribution is 7.92. The molecular formula is C17H17N3O5S. The van der Waals surface area contributed by atoms with Crippen LogP contribution in [-0.4, -0.2) is 36.8 Å². The minimum atomic E-state index is -3.36. The number of benzene rings is 2. The van der Waals surface area contributed by atoms with Gasteiger partial charge in [0, 0.05) is 12.1 Å². The predicted molar refractivity (Wildman–Crippen MR) is 97.7 cm³/mol. The number of hydrogen-bond acceptors (Lipinski definition) is 6. The number of aliphatic carboxylic acids is 1. The maximum Gasteiger partial charge on any atom is 0.326 e. The largest absolute Gasteiger partial charge is 0.480 e. The Hall–Kier alpha value is -3.07. The topological polar surface area (TPSA) is 122 Å². The second-order valence-corrected chi connectivity index (χ2v) is 7.55. The Kier molecular flexibility index (Phi) is 4.81.